The van der Waals surface area contributed by atoms with Gasteiger partial charge in [0.15, 0.2) is 0 Å². The Labute approximate surface area is 55.6 Å². The van der Waals surface area contributed by atoms with E-state index < -0.39 is 0 Å². The molecule has 0 aliphatic rings. The minimum atomic E-state index is -0.300. The molecule has 0 aromatic carbocycles. The number of nitrogens with two attached hydrogens (primary N) is 1. The van der Waals surface area contributed by atoms with Crippen LogP contribution in [0.4, 0.5) is 0 Å². The fourth-order valence-corrected chi connectivity index (χ4v) is 0.352. The summed E-state index contributed by atoms with van der Waals surface area (Å²) in [5, 5.41) is 2.62. The van der Waals surface area contributed by atoms with Gasteiger partial charge in [0.05, 0.1) is 0 Å². The van der Waals surface area contributed by atoms with Crippen molar-refractivity contribution in [2.24, 2.45) is 5.73 Å². The summed E-state index contributed by atoms with van der Waals surface area (Å²) in [7, 11) is 0. The van der Waals surface area contributed by atoms with E-state index in [0.29, 0.717) is 6.54 Å². The molecule has 0 heterocycles. The van der Waals surface area contributed by atoms with Gasteiger partial charge in [-0.3, -0.25) is 4.79 Å². The lowest BCUT2D eigenvalue weighted by Gasteiger charge is -2.17. The second-order valence-corrected chi connectivity index (χ2v) is 2.90. The molecule has 0 aliphatic carbocycles. The van der Waals surface area contributed by atoms with Crippen molar-refractivity contribution in [3.63, 3.8) is 0 Å². The second kappa shape index (κ2) is 2.82. The molecule has 54 valence electrons. The highest BCUT2D eigenvalue weighted by molar-refractivity contribution is 5.72. The van der Waals surface area contributed by atoms with Gasteiger partial charge in [0.25, 0.3) is 0 Å². The number of rotatable bonds is 2. The van der Waals surface area contributed by atoms with Gasteiger partial charge in [-0.15, -0.1) is 0 Å². The highest BCUT2D eigenvalue weighted by Crippen LogP contribution is 1.91. The molecule has 3 heteroatoms. The molecule has 0 bridgehead atoms. The van der Waals surface area contributed by atoms with E-state index >= 15 is 0 Å². The van der Waals surface area contributed by atoms with Crippen LogP contribution in [-0.4, -0.2) is 18.0 Å². The number of carbonyl (C=O) groups excluding carboxylic acids is 1. The predicted molar refractivity (Wildman–Crippen MR) is 37.0 cm³/mol. The third-order valence-electron chi connectivity index (χ3n) is 0.793. The van der Waals surface area contributed by atoms with E-state index in [9.17, 15) is 4.79 Å². The van der Waals surface area contributed by atoms with E-state index in [2.05, 4.69) is 5.32 Å². The Kier molecular flexibility index (Phi) is 2.65. The molecular weight excluding hydrogens is 116 g/mol. The van der Waals surface area contributed by atoms with Gasteiger partial charge in [-0.2, -0.15) is 0 Å². The summed E-state index contributed by atoms with van der Waals surface area (Å²) in [5.41, 5.74) is 5.27. The van der Waals surface area contributed by atoms with Gasteiger partial charge < -0.3 is 11.1 Å². The van der Waals surface area contributed by atoms with E-state index in [-0.39, 0.29) is 11.4 Å². The third-order valence-corrected chi connectivity index (χ3v) is 0.793. The first-order valence-corrected chi connectivity index (χ1v) is 2.95. The van der Waals surface area contributed by atoms with Crippen LogP contribution in [-0.2, 0) is 4.79 Å². The summed E-state index contributed by atoms with van der Waals surface area (Å²) < 4.78 is 0. The number of hydrogen-bond donors (Lipinski definition) is 2. The molecule has 3 N–H and O–H groups in total. The van der Waals surface area contributed by atoms with Crippen molar-refractivity contribution in [2.45, 2.75) is 26.3 Å². The van der Waals surface area contributed by atoms with E-state index in [1.165, 1.54) is 6.92 Å². The summed E-state index contributed by atoms with van der Waals surface area (Å²) in [6.45, 7) is 5.74. The average molecular weight is 130 g/mol. The Hall–Kier alpha value is -0.570. The van der Waals surface area contributed by atoms with Crippen molar-refractivity contribution in [3.05, 3.63) is 0 Å². The summed E-state index contributed by atoms with van der Waals surface area (Å²) >= 11 is 0. The highest BCUT2D eigenvalue weighted by atomic mass is 16.1. The van der Waals surface area contributed by atoms with Crippen LogP contribution in [0.2, 0.25) is 0 Å². The van der Waals surface area contributed by atoms with Crippen LogP contribution in [0, 0.1) is 0 Å². The molecular formula is C6H14N2O. The Morgan fingerprint density at radius 1 is 1.67 bits per heavy atom. The minimum Gasteiger partial charge on any atom is -0.355 e. The minimum absolute atomic E-state index is 0.0338. The molecule has 0 saturated carbocycles. The zero-order chi connectivity index (χ0) is 7.49. The van der Waals surface area contributed by atoms with E-state index in [0.717, 1.165) is 0 Å². The monoisotopic (exact) mass is 130 g/mol. The van der Waals surface area contributed by atoms with Crippen LogP contribution in [0.1, 0.15) is 20.8 Å². The van der Waals surface area contributed by atoms with Crippen LogP contribution in [0.15, 0.2) is 0 Å². The molecule has 1 amide bonds. The zero-order valence-corrected chi connectivity index (χ0v) is 6.19. The molecule has 0 saturated heterocycles. The maximum atomic E-state index is 10.3. The lowest BCUT2D eigenvalue weighted by atomic mass is 10.1. The number of nitrogens with one attached hydrogen (secondary N) is 1. The smallest absolute Gasteiger partial charge is 0.216 e. The lowest BCUT2D eigenvalue weighted by molar-refractivity contribution is -0.119. The number of carbonyl (C=O) groups is 1. The van der Waals surface area contributed by atoms with Crippen LogP contribution >= 0.6 is 0 Å². The van der Waals surface area contributed by atoms with Crippen LogP contribution in [0.3, 0.4) is 0 Å². The van der Waals surface area contributed by atoms with Crippen molar-refractivity contribution >= 4 is 5.91 Å². The van der Waals surface area contributed by atoms with Crippen molar-refractivity contribution < 1.29 is 4.79 Å². The van der Waals surface area contributed by atoms with Crippen LogP contribution < -0.4 is 11.1 Å². The van der Waals surface area contributed by atoms with Crippen molar-refractivity contribution in [1.82, 2.24) is 5.32 Å². The molecule has 9 heavy (non-hydrogen) atoms. The van der Waals surface area contributed by atoms with E-state index in [1.54, 1.807) is 0 Å². The van der Waals surface area contributed by atoms with Gasteiger partial charge in [0.1, 0.15) is 0 Å². The number of amides is 1. The summed E-state index contributed by atoms with van der Waals surface area (Å²) in [4.78, 5) is 10.3. The number of hydrogen-bond acceptors (Lipinski definition) is 2. The molecule has 3 nitrogen and oxygen atoms in total. The second-order valence-electron chi connectivity index (χ2n) is 2.90. The predicted octanol–water partition coefficient (Wildman–Crippen LogP) is -0.140. The Morgan fingerprint density at radius 2 is 2.11 bits per heavy atom. The average Bonchev–Trinajstić information content (AvgIpc) is 1.59. The summed E-state index contributed by atoms with van der Waals surface area (Å²) in [6, 6.07) is 0. The van der Waals surface area contributed by atoms with Crippen LogP contribution in [0.5, 0.6) is 0 Å². The quantitative estimate of drug-likeness (QED) is 0.546. The molecule has 0 unspecified atom stereocenters. The van der Waals surface area contributed by atoms with Crippen LogP contribution in [0.25, 0.3) is 0 Å². The molecule has 0 fully saturated rings. The molecule has 0 radical (unpaired) electrons. The van der Waals surface area contributed by atoms with E-state index in [1.807, 2.05) is 13.8 Å². The zero-order valence-electron chi connectivity index (χ0n) is 6.19. The molecule has 0 aliphatic heterocycles. The summed E-state index contributed by atoms with van der Waals surface area (Å²) in [6.07, 6.45) is 0. The van der Waals surface area contributed by atoms with Gasteiger partial charge >= 0.3 is 0 Å². The van der Waals surface area contributed by atoms with Crippen molar-refractivity contribution in [2.75, 3.05) is 6.54 Å². The SMILES string of the molecule is CC(=O)NCC(C)(C)N. The highest BCUT2D eigenvalue weighted by Gasteiger charge is 2.09. The Balaban J connectivity index is 3.39. The van der Waals surface area contributed by atoms with Gasteiger partial charge in [-0.05, 0) is 13.8 Å². The van der Waals surface area contributed by atoms with Crippen molar-refractivity contribution in [3.8, 4) is 0 Å². The first-order valence-electron chi connectivity index (χ1n) is 2.95. The molecule has 0 aromatic rings. The van der Waals surface area contributed by atoms with Crippen molar-refractivity contribution in [1.29, 1.82) is 0 Å². The Morgan fingerprint density at radius 3 is 2.22 bits per heavy atom. The van der Waals surface area contributed by atoms with Gasteiger partial charge in [0, 0.05) is 19.0 Å². The molecule has 0 aromatic heterocycles. The molecule has 0 atom stereocenters. The normalized spacial score (nSPS) is 11.1. The first-order chi connectivity index (χ1) is 3.92. The standard InChI is InChI=1S/C6H14N2O/c1-5(9)8-4-6(2,3)7/h4,7H2,1-3H3,(H,8,9). The topological polar surface area (TPSA) is 55.1 Å². The maximum Gasteiger partial charge on any atom is 0.216 e. The third kappa shape index (κ3) is 7.43. The fraction of sp³-hybridized carbons (Fsp3) is 0.833. The summed E-state index contributed by atoms with van der Waals surface area (Å²) in [5.74, 6) is -0.0338. The lowest BCUT2D eigenvalue weighted by Crippen LogP contribution is -2.44. The molecule has 0 spiro atoms. The fourth-order valence-electron chi connectivity index (χ4n) is 0.352. The molecule has 0 rings (SSSR count). The maximum absolute atomic E-state index is 10.3. The van der Waals surface area contributed by atoms with Gasteiger partial charge in [-0.25, -0.2) is 0 Å². The van der Waals surface area contributed by atoms with E-state index in [4.69, 9.17) is 5.73 Å². The van der Waals surface area contributed by atoms with Gasteiger partial charge in [0.2, 0.25) is 5.91 Å². The van der Waals surface area contributed by atoms with Gasteiger partial charge in [-0.1, -0.05) is 0 Å². The Bertz CT molecular complexity index is 104. The first kappa shape index (κ1) is 8.43. The largest absolute Gasteiger partial charge is 0.355 e.